The normalized spacial score (nSPS) is 18.4. The molecule has 0 saturated heterocycles. The minimum absolute atomic E-state index is 0.00695. The molecule has 1 amide bonds. The molecule has 0 aromatic heterocycles. The van der Waals surface area contributed by atoms with E-state index in [1.807, 2.05) is 6.07 Å². The van der Waals surface area contributed by atoms with Crippen LogP contribution in [0, 0.1) is 17.2 Å². The molecule has 0 spiro atoms. The third-order valence-corrected chi connectivity index (χ3v) is 6.61. The summed E-state index contributed by atoms with van der Waals surface area (Å²) in [5.74, 6) is 0.713. The Balaban J connectivity index is 1.78. The van der Waals surface area contributed by atoms with Gasteiger partial charge in [0, 0.05) is 21.7 Å². The van der Waals surface area contributed by atoms with Gasteiger partial charge < -0.3 is 14.8 Å². The number of ether oxygens (including phenoxy) is 2. The van der Waals surface area contributed by atoms with Gasteiger partial charge in [-0.15, -0.1) is 0 Å². The van der Waals surface area contributed by atoms with Gasteiger partial charge in [0.2, 0.25) is 0 Å². The van der Waals surface area contributed by atoms with Gasteiger partial charge in [0.15, 0.2) is 11.5 Å². The maximum absolute atomic E-state index is 12.7. The van der Waals surface area contributed by atoms with E-state index in [1.54, 1.807) is 30.3 Å². The van der Waals surface area contributed by atoms with Crippen molar-refractivity contribution in [3.05, 3.63) is 62.1 Å². The van der Waals surface area contributed by atoms with Crippen molar-refractivity contribution in [2.45, 2.75) is 45.3 Å². The molecule has 0 radical (unpaired) electrons. The van der Waals surface area contributed by atoms with Crippen LogP contribution in [-0.2, 0) is 11.4 Å². The molecule has 2 atom stereocenters. The first kappa shape index (κ1) is 25.2. The Labute approximate surface area is 209 Å². The second-order valence-corrected chi connectivity index (χ2v) is 9.32. The number of rotatable bonds is 7. The standard InChI is InChI=1S/C25H25Cl3N2O3/c1-15-5-3-4-6-22(15)30-25(31)18(13-29)9-16-10-21(28)24(23(11-16)32-2)33-14-17-7-8-19(26)12-20(17)27/h7-12,15,22H,3-6,14H2,1-2H3,(H,30,31)/b18-9+/t15-,22+/m0/s1. The first-order valence-electron chi connectivity index (χ1n) is 10.7. The van der Waals surface area contributed by atoms with Crippen LogP contribution >= 0.6 is 34.8 Å². The molecule has 1 N–H and O–H groups in total. The second kappa shape index (κ2) is 11.7. The van der Waals surface area contributed by atoms with E-state index in [1.165, 1.54) is 19.6 Å². The summed E-state index contributed by atoms with van der Waals surface area (Å²) in [4.78, 5) is 12.7. The number of amides is 1. The summed E-state index contributed by atoms with van der Waals surface area (Å²) in [6, 6.07) is 10.5. The molecule has 2 aromatic rings. The largest absolute Gasteiger partial charge is 0.493 e. The Morgan fingerprint density at radius 2 is 1.94 bits per heavy atom. The first-order chi connectivity index (χ1) is 15.8. The van der Waals surface area contributed by atoms with Crippen LogP contribution in [0.4, 0.5) is 0 Å². The van der Waals surface area contributed by atoms with Crippen LogP contribution in [0.2, 0.25) is 15.1 Å². The minimum atomic E-state index is -0.385. The quantitative estimate of drug-likeness (QED) is 0.329. The van der Waals surface area contributed by atoms with Crippen molar-refractivity contribution in [1.29, 1.82) is 5.26 Å². The third-order valence-electron chi connectivity index (χ3n) is 5.74. The van der Waals surface area contributed by atoms with Crippen LogP contribution in [0.15, 0.2) is 35.9 Å². The summed E-state index contributed by atoms with van der Waals surface area (Å²) in [7, 11) is 1.49. The molecule has 1 aliphatic carbocycles. The van der Waals surface area contributed by atoms with E-state index in [0.29, 0.717) is 33.0 Å². The zero-order valence-electron chi connectivity index (χ0n) is 18.5. The highest BCUT2D eigenvalue weighted by Crippen LogP contribution is 2.38. The topological polar surface area (TPSA) is 71.3 Å². The first-order valence-corrected chi connectivity index (χ1v) is 11.8. The van der Waals surface area contributed by atoms with Crippen molar-refractivity contribution in [2.75, 3.05) is 7.11 Å². The third kappa shape index (κ3) is 6.57. The lowest BCUT2D eigenvalue weighted by Gasteiger charge is -2.29. The molecule has 0 aliphatic heterocycles. The van der Waals surface area contributed by atoms with E-state index in [9.17, 15) is 10.1 Å². The van der Waals surface area contributed by atoms with Gasteiger partial charge in [-0.25, -0.2) is 0 Å². The average Bonchev–Trinajstić information content (AvgIpc) is 2.78. The monoisotopic (exact) mass is 506 g/mol. The van der Waals surface area contributed by atoms with Crippen molar-refractivity contribution in [3.8, 4) is 17.6 Å². The lowest BCUT2D eigenvalue weighted by Crippen LogP contribution is -2.41. The molecule has 1 saturated carbocycles. The molecule has 33 heavy (non-hydrogen) atoms. The number of nitrogens with zero attached hydrogens (tertiary/aromatic N) is 1. The van der Waals surface area contributed by atoms with Crippen molar-refractivity contribution >= 4 is 46.8 Å². The van der Waals surface area contributed by atoms with Gasteiger partial charge in [-0.05, 0) is 54.7 Å². The van der Waals surface area contributed by atoms with Gasteiger partial charge >= 0.3 is 0 Å². The molecule has 2 aromatic carbocycles. The smallest absolute Gasteiger partial charge is 0.262 e. The van der Waals surface area contributed by atoms with Gasteiger partial charge in [0.1, 0.15) is 18.2 Å². The van der Waals surface area contributed by atoms with E-state index < -0.39 is 0 Å². The Bertz CT molecular complexity index is 1100. The van der Waals surface area contributed by atoms with E-state index >= 15 is 0 Å². The molecule has 0 heterocycles. The van der Waals surface area contributed by atoms with Gasteiger partial charge in [0.05, 0.1) is 12.1 Å². The molecule has 0 bridgehead atoms. The number of methoxy groups -OCH3 is 1. The van der Waals surface area contributed by atoms with Crippen LogP contribution in [0.3, 0.4) is 0 Å². The Hall–Kier alpha value is -2.39. The Kier molecular flexibility index (Phi) is 8.91. The lowest BCUT2D eigenvalue weighted by molar-refractivity contribution is -0.118. The van der Waals surface area contributed by atoms with Gasteiger partial charge in [-0.3, -0.25) is 4.79 Å². The molecular weight excluding hydrogens is 483 g/mol. The molecule has 174 valence electrons. The van der Waals surface area contributed by atoms with E-state index in [2.05, 4.69) is 12.2 Å². The van der Waals surface area contributed by atoms with E-state index in [4.69, 9.17) is 44.3 Å². The van der Waals surface area contributed by atoms with Crippen LogP contribution in [0.25, 0.3) is 6.08 Å². The minimum Gasteiger partial charge on any atom is -0.493 e. The van der Waals surface area contributed by atoms with Crippen molar-refractivity contribution in [2.24, 2.45) is 5.92 Å². The van der Waals surface area contributed by atoms with E-state index in [-0.39, 0.29) is 29.2 Å². The van der Waals surface area contributed by atoms with Crippen LogP contribution < -0.4 is 14.8 Å². The molecular formula is C25H25Cl3N2O3. The summed E-state index contributed by atoms with van der Waals surface area (Å²) in [6.45, 7) is 2.28. The number of nitriles is 1. The fourth-order valence-electron chi connectivity index (χ4n) is 3.84. The SMILES string of the molecule is COc1cc(/C=C(\C#N)C(=O)N[C@@H]2CCCC[C@@H]2C)cc(Cl)c1OCc1ccc(Cl)cc1Cl. The number of carbonyl (C=O) groups excluding carboxylic acids is 1. The lowest BCUT2D eigenvalue weighted by atomic mass is 9.86. The Morgan fingerprint density at radius 1 is 1.18 bits per heavy atom. The van der Waals surface area contributed by atoms with Crippen molar-refractivity contribution in [1.82, 2.24) is 5.32 Å². The number of benzene rings is 2. The van der Waals surface area contributed by atoms with Crippen molar-refractivity contribution < 1.29 is 14.3 Å². The number of hydrogen-bond donors (Lipinski definition) is 1. The van der Waals surface area contributed by atoms with E-state index in [0.717, 1.165) is 24.8 Å². The fourth-order valence-corrected chi connectivity index (χ4v) is 4.58. The van der Waals surface area contributed by atoms with Gasteiger partial charge in [-0.2, -0.15) is 5.26 Å². The maximum Gasteiger partial charge on any atom is 0.262 e. The predicted molar refractivity (Wildman–Crippen MR) is 132 cm³/mol. The number of carbonyl (C=O) groups is 1. The van der Waals surface area contributed by atoms with Crippen molar-refractivity contribution in [3.63, 3.8) is 0 Å². The highest BCUT2D eigenvalue weighted by molar-refractivity contribution is 6.35. The summed E-state index contributed by atoms with van der Waals surface area (Å²) < 4.78 is 11.3. The van der Waals surface area contributed by atoms with Crippen LogP contribution in [-0.4, -0.2) is 19.1 Å². The predicted octanol–water partition coefficient (Wildman–Crippen LogP) is 6.84. The molecule has 8 heteroatoms. The van der Waals surface area contributed by atoms with Gasteiger partial charge in [-0.1, -0.05) is 60.6 Å². The van der Waals surface area contributed by atoms with Crippen LogP contribution in [0.5, 0.6) is 11.5 Å². The number of halogens is 3. The molecule has 3 rings (SSSR count). The molecule has 0 unspecified atom stereocenters. The Morgan fingerprint density at radius 3 is 2.61 bits per heavy atom. The fraction of sp³-hybridized carbons (Fsp3) is 0.360. The molecule has 1 fully saturated rings. The number of nitrogens with one attached hydrogen (secondary N) is 1. The van der Waals surface area contributed by atoms with Gasteiger partial charge in [0.25, 0.3) is 5.91 Å². The summed E-state index contributed by atoms with van der Waals surface area (Å²) in [5.41, 5.74) is 1.30. The summed E-state index contributed by atoms with van der Waals surface area (Å²) in [5, 5.41) is 13.9. The average molecular weight is 508 g/mol. The summed E-state index contributed by atoms with van der Waals surface area (Å²) in [6.07, 6.45) is 5.75. The maximum atomic E-state index is 12.7. The zero-order chi connectivity index (χ0) is 24.0. The highest BCUT2D eigenvalue weighted by Gasteiger charge is 2.24. The van der Waals surface area contributed by atoms with Crippen LogP contribution in [0.1, 0.15) is 43.7 Å². The summed E-state index contributed by atoms with van der Waals surface area (Å²) >= 11 is 18.6. The molecule has 1 aliphatic rings. The highest BCUT2D eigenvalue weighted by atomic mass is 35.5. The zero-order valence-corrected chi connectivity index (χ0v) is 20.7. The number of hydrogen-bond acceptors (Lipinski definition) is 4. The molecule has 5 nitrogen and oxygen atoms in total. The second-order valence-electron chi connectivity index (χ2n) is 8.07.